The van der Waals surface area contributed by atoms with Crippen molar-refractivity contribution in [1.82, 2.24) is 4.72 Å². The van der Waals surface area contributed by atoms with E-state index in [4.69, 9.17) is 28.9 Å². The first-order valence-corrected chi connectivity index (χ1v) is 9.20. The van der Waals surface area contributed by atoms with Gasteiger partial charge in [-0.2, -0.15) is 0 Å². The largest absolute Gasteiger partial charge is 0.326 e. The molecule has 114 valence electrons. The molecule has 0 aliphatic carbocycles. The third-order valence-electron chi connectivity index (χ3n) is 2.81. The van der Waals surface area contributed by atoms with Crippen LogP contribution < -0.4 is 10.5 Å². The van der Waals surface area contributed by atoms with Crippen LogP contribution in [0.2, 0.25) is 9.36 Å². The molecule has 0 unspecified atom stereocenters. The zero-order valence-electron chi connectivity index (χ0n) is 11.0. The monoisotopic (exact) mass is 364 g/mol. The second-order valence-electron chi connectivity index (χ2n) is 4.32. The molecule has 0 saturated heterocycles. The van der Waals surface area contributed by atoms with Gasteiger partial charge in [0.05, 0.1) is 9.36 Å². The molecule has 3 N–H and O–H groups in total. The van der Waals surface area contributed by atoms with Crippen LogP contribution in [-0.2, 0) is 23.0 Å². The van der Waals surface area contributed by atoms with Gasteiger partial charge in [-0.3, -0.25) is 0 Å². The highest BCUT2D eigenvalue weighted by atomic mass is 35.5. The predicted octanol–water partition coefficient (Wildman–Crippen LogP) is 3.03. The molecular weight excluding hydrogens is 351 g/mol. The van der Waals surface area contributed by atoms with Gasteiger partial charge < -0.3 is 5.73 Å². The van der Waals surface area contributed by atoms with E-state index in [9.17, 15) is 8.42 Å². The second-order valence-corrected chi connectivity index (χ2v) is 8.26. The Morgan fingerprint density at radius 2 is 1.95 bits per heavy atom. The number of benzene rings is 1. The average Bonchev–Trinajstić information content (AvgIpc) is 2.84. The van der Waals surface area contributed by atoms with E-state index >= 15 is 0 Å². The van der Waals surface area contributed by atoms with Crippen molar-refractivity contribution in [2.75, 3.05) is 6.54 Å². The molecule has 8 heteroatoms. The van der Waals surface area contributed by atoms with Gasteiger partial charge >= 0.3 is 0 Å². The van der Waals surface area contributed by atoms with Crippen molar-refractivity contribution in [3.8, 4) is 0 Å². The van der Waals surface area contributed by atoms with Crippen molar-refractivity contribution in [2.24, 2.45) is 5.73 Å². The maximum absolute atomic E-state index is 12.3. The molecule has 0 amide bonds. The lowest BCUT2D eigenvalue weighted by atomic mass is 10.2. The van der Waals surface area contributed by atoms with E-state index in [2.05, 4.69) is 4.72 Å². The predicted molar refractivity (Wildman–Crippen MR) is 87.6 cm³/mol. The number of rotatable bonds is 6. The summed E-state index contributed by atoms with van der Waals surface area (Å²) in [7, 11) is -3.65. The van der Waals surface area contributed by atoms with Crippen LogP contribution in [0.5, 0.6) is 0 Å². The van der Waals surface area contributed by atoms with Gasteiger partial charge in [-0.15, -0.1) is 11.3 Å². The Balaban J connectivity index is 2.07. The van der Waals surface area contributed by atoms with Crippen molar-refractivity contribution in [2.45, 2.75) is 17.9 Å². The lowest BCUT2D eigenvalue weighted by Gasteiger charge is -2.09. The Bertz CT molecular complexity index is 730. The molecule has 0 fully saturated rings. The van der Waals surface area contributed by atoms with E-state index in [1.54, 1.807) is 12.1 Å². The fourth-order valence-electron chi connectivity index (χ4n) is 1.75. The van der Waals surface area contributed by atoms with E-state index in [-0.39, 0.29) is 23.0 Å². The third kappa shape index (κ3) is 4.42. The summed E-state index contributed by atoms with van der Waals surface area (Å²) in [6, 6.07) is 8.40. The maximum atomic E-state index is 12.3. The van der Waals surface area contributed by atoms with Crippen LogP contribution in [0.25, 0.3) is 0 Å². The first-order valence-electron chi connectivity index (χ1n) is 6.15. The number of hydrogen-bond donors (Lipinski definition) is 2. The van der Waals surface area contributed by atoms with Crippen LogP contribution in [0, 0.1) is 0 Å². The lowest BCUT2D eigenvalue weighted by molar-refractivity contribution is 0.582. The molecule has 2 aromatic rings. The zero-order valence-corrected chi connectivity index (χ0v) is 14.1. The molecule has 0 saturated carbocycles. The average molecular weight is 365 g/mol. The van der Waals surface area contributed by atoms with Crippen LogP contribution in [0.3, 0.4) is 0 Å². The molecule has 21 heavy (non-hydrogen) atoms. The summed E-state index contributed by atoms with van der Waals surface area (Å²) in [5.41, 5.74) is 6.23. The Kier molecular flexibility index (Phi) is 5.65. The number of thiophene rings is 1. The van der Waals surface area contributed by atoms with E-state index in [1.807, 2.05) is 6.07 Å². The van der Waals surface area contributed by atoms with Gasteiger partial charge in [0.2, 0.25) is 10.0 Å². The van der Waals surface area contributed by atoms with E-state index in [0.29, 0.717) is 16.3 Å². The minimum absolute atomic E-state index is 0.0522. The fourth-order valence-corrected chi connectivity index (χ4v) is 4.42. The Morgan fingerprint density at radius 3 is 2.57 bits per heavy atom. The molecule has 0 aliphatic rings. The van der Waals surface area contributed by atoms with Gasteiger partial charge in [0.15, 0.2) is 0 Å². The first-order chi connectivity index (χ1) is 9.92. The van der Waals surface area contributed by atoms with Crippen LogP contribution in [-0.4, -0.2) is 15.0 Å². The molecule has 2 rings (SSSR count). The molecule has 4 nitrogen and oxygen atoms in total. The molecular formula is C13H14Cl2N2O2S2. The third-order valence-corrected chi connectivity index (χ3v) is 6.05. The lowest BCUT2D eigenvalue weighted by Crippen LogP contribution is -2.26. The Hall–Kier alpha value is -0.630. The topological polar surface area (TPSA) is 72.2 Å². The molecule has 1 aromatic carbocycles. The zero-order chi connectivity index (χ0) is 15.5. The van der Waals surface area contributed by atoms with Crippen molar-refractivity contribution in [1.29, 1.82) is 0 Å². The number of halogens is 2. The Morgan fingerprint density at radius 1 is 1.19 bits per heavy atom. The second kappa shape index (κ2) is 7.09. The Labute approximate surface area is 137 Å². The number of nitrogens with two attached hydrogens (primary N) is 1. The summed E-state index contributed by atoms with van der Waals surface area (Å²) >= 11 is 13.2. The highest BCUT2D eigenvalue weighted by molar-refractivity contribution is 7.89. The van der Waals surface area contributed by atoms with E-state index in [0.717, 1.165) is 4.88 Å². The van der Waals surface area contributed by atoms with Gasteiger partial charge in [0, 0.05) is 18.0 Å². The molecule has 0 bridgehead atoms. The number of hydrogen-bond acceptors (Lipinski definition) is 4. The quantitative estimate of drug-likeness (QED) is 0.827. The molecule has 0 spiro atoms. The summed E-state index contributed by atoms with van der Waals surface area (Å²) < 4.78 is 27.7. The maximum Gasteiger partial charge on any atom is 0.242 e. The van der Waals surface area contributed by atoms with Gasteiger partial charge in [-0.25, -0.2) is 13.1 Å². The molecule has 0 atom stereocenters. The summed E-state index contributed by atoms with van der Waals surface area (Å²) in [5.74, 6) is 0. The highest BCUT2D eigenvalue weighted by Gasteiger charge is 2.18. The SMILES string of the molecule is NCc1ccc(Cl)c(S(=O)(=O)NCCc2ccc(Cl)s2)c1. The van der Waals surface area contributed by atoms with E-state index in [1.165, 1.54) is 23.5 Å². The van der Waals surface area contributed by atoms with Crippen LogP contribution in [0.4, 0.5) is 0 Å². The molecule has 0 aliphatic heterocycles. The molecule has 0 radical (unpaired) electrons. The van der Waals surface area contributed by atoms with Crippen molar-refractivity contribution in [3.63, 3.8) is 0 Å². The standard InChI is InChI=1S/C13H14Cl2N2O2S2/c14-11-3-1-9(8-16)7-12(11)21(18,19)17-6-5-10-2-4-13(15)20-10/h1-4,7,17H,5-6,8,16H2. The fraction of sp³-hybridized carbons (Fsp3) is 0.231. The van der Waals surface area contributed by atoms with Gasteiger partial charge in [-0.05, 0) is 36.2 Å². The summed E-state index contributed by atoms with van der Waals surface area (Å²) in [6.07, 6.45) is 0.574. The number of nitrogens with one attached hydrogen (secondary N) is 1. The van der Waals surface area contributed by atoms with Gasteiger partial charge in [-0.1, -0.05) is 29.3 Å². The first kappa shape index (κ1) is 16.7. The van der Waals surface area contributed by atoms with E-state index < -0.39 is 10.0 Å². The minimum atomic E-state index is -3.65. The van der Waals surface area contributed by atoms with Crippen molar-refractivity contribution < 1.29 is 8.42 Å². The van der Waals surface area contributed by atoms with Crippen molar-refractivity contribution in [3.05, 3.63) is 50.1 Å². The van der Waals surface area contributed by atoms with Gasteiger partial charge in [0.1, 0.15) is 4.90 Å². The minimum Gasteiger partial charge on any atom is -0.326 e. The normalized spacial score (nSPS) is 11.8. The smallest absolute Gasteiger partial charge is 0.242 e. The highest BCUT2D eigenvalue weighted by Crippen LogP contribution is 2.23. The van der Waals surface area contributed by atoms with Crippen LogP contribution in [0.15, 0.2) is 35.2 Å². The van der Waals surface area contributed by atoms with Crippen molar-refractivity contribution >= 4 is 44.6 Å². The number of sulfonamides is 1. The van der Waals surface area contributed by atoms with Gasteiger partial charge in [0.25, 0.3) is 0 Å². The van der Waals surface area contributed by atoms with Crippen LogP contribution in [0.1, 0.15) is 10.4 Å². The summed E-state index contributed by atoms with van der Waals surface area (Å²) in [4.78, 5) is 1.07. The van der Waals surface area contributed by atoms with Crippen LogP contribution >= 0.6 is 34.5 Å². The molecule has 1 aromatic heterocycles. The summed E-state index contributed by atoms with van der Waals surface area (Å²) in [5, 5.41) is 0.180. The summed E-state index contributed by atoms with van der Waals surface area (Å²) in [6.45, 7) is 0.537. The molecule has 1 heterocycles.